The van der Waals surface area contributed by atoms with Crippen molar-refractivity contribution in [3.8, 4) is 0 Å². The number of benzene rings is 1. The monoisotopic (exact) mass is 307 g/mol. The average molecular weight is 308 g/mol. The Balaban J connectivity index is 1.48. The minimum atomic E-state index is 0.687. The zero-order valence-electron chi connectivity index (χ0n) is 12.9. The molecule has 0 amide bonds. The van der Waals surface area contributed by atoms with Crippen molar-refractivity contribution in [3.05, 3.63) is 29.3 Å². The number of anilines is 1. The largest absolute Gasteiger partial charge is 0.369 e. The van der Waals surface area contributed by atoms with Crippen LogP contribution in [-0.2, 0) is 0 Å². The van der Waals surface area contributed by atoms with Crippen LogP contribution in [0.5, 0.6) is 0 Å². The fourth-order valence-electron chi connectivity index (χ4n) is 3.53. The van der Waals surface area contributed by atoms with E-state index in [4.69, 9.17) is 11.6 Å². The van der Waals surface area contributed by atoms with E-state index in [0.717, 1.165) is 37.1 Å². The van der Waals surface area contributed by atoms with Gasteiger partial charge in [-0.25, -0.2) is 0 Å². The Morgan fingerprint density at radius 3 is 2.76 bits per heavy atom. The smallest absolute Gasteiger partial charge is 0.0426 e. The Kier molecular flexibility index (Phi) is 5.04. The molecule has 2 aliphatic rings. The highest BCUT2D eigenvalue weighted by molar-refractivity contribution is 6.30. The molecule has 116 valence electrons. The highest BCUT2D eigenvalue weighted by atomic mass is 35.5. The molecular weight excluding hydrogens is 282 g/mol. The van der Waals surface area contributed by atoms with Crippen molar-refractivity contribution in [1.82, 2.24) is 10.2 Å². The number of hydrogen-bond donors (Lipinski definition) is 1. The molecule has 3 rings (SSSR count). The van der Waals surface area contributed by atoms with Crippen LogP contribution in [0, 0.1) is 5.92 Å². The molecule has 0 aromatic heterocycles. The molecule has 1 N–H and O–H groups in total. The molecule has 0 bridgehead atoms. The van der Waals surface area contributed by atoms with Crippen LogP contribution in [0.25, 0.3) is 0 Å². The summed E-state index contributed by atoms with van der Waals surface area (Å²) in [4.78, 5) is 5.05. The van der Waals surface area contributed by atoms with Gasteiger partial charge in [0.25, 0.3) is 0 Å². The quantitative estimate of drug-likeness (QED) is 0.926. The van der Waals surface area contributed by atoms with E-state index in [1.165, 1.54) is 31.6 Å². The van der Waals surface area contributed by atoms with Crippen molar-refractivity contribution in [2.45, 2.75) is 25.8 Å². The molecule has 3 nitrogen and oxygen atoms in total. The topological polar surface area (TPSA) is 18.5 Å². The van der Waals surface area contributed by atoms with Crippen molar-refractivity contribution >= 4 is 17.3 Å². The molecule has 1 aromatic carbocycles. The summed E-state index contributed by atoms with van der Waals surface area (Å²) in [6.45, 7) is 9.27. The number of hydrogen-bond acceptors (Lipinski definition) is 3. The normalized spacial score (nSPS) is 27.8. The van der Waals surface area contributed by atoms with E-state index >= 15 is 0 Å². The predicted octanol–water partition coefficient (Wildman–Crippen LogP) is 2.85. The fourth-order valence-corrected chi connectivity index (χ4v) is 3.72. The number of nitrogens with one attached hydrogen (secondary N) is 1. The molecule has 2 atom stereocenters. The highest BCUT2D eigenvalue weighted by Gasteiger charge is 2.23. The first kappa shape index (κ1) is 15.1. The van der Waals surface area contributed by atoms with Crippen molar-refractivity contribution in [2.24, 2.45) is 5.92 Å². The molecule has 0 spiro atoms. The molecule has 2 aliphatic heterocycles. The maximum atomic E-state index is 6.09. The summed E-state index contributed by atoms with van der Waals surface area (Å²) >= 11 is 6.09. The molecule has 2 unspecified atom stereocenters. The van der Waals surface area contributed by atoms with Crippen LogP contribution in [0.1, 0.15) is 19.8 Å². The summed E-state index contributed by atoms with van der Waals surface area (Å²) in [5, 5.41) is 4.50. The van der Waals surface area contributed by atoms with Gasteiger partial charge in [-0.05, 0) is 43.5 Å². The van der Waals surface area contributed by atoms with Crippen LogP contribution in [0.4, 0.5) is 5.69 Å². The highest BCUT2D eigenvalue weighted by Crippen LogP contribution is 2.21. The zero-order valence-corrected chi connectivity index (χ0v) is 13.6. The second kappa shape index (κ2) is 6.99. The molecule has 2 saturated heterocycles. The van der Waals surface area contributed by atoms with Crippen molar-refractivity contribution in [3.63, 3.8) is 0 Å². The number of piperazine rings is 1. The minimum Gasteiger partial charge on any atom is -0.369 e. The Morgan fingerprint density at radius 2 is 2.05 bits per heavy atom. The number of nitrogens with zero attached hydrogens (tertiary/aromatic N) is 2. The van der Waals surface area contributed by atoms with Crippen molar-refractivity contribution < 1.29 is 0 Å². The predicted molar refractivity (Wildman–Crippen MR) is 90.3 cm³/mol. The molecule has 4 heteroatoms. The Bertz CT molecular complexity index is 457. The van der Waals surface area contributed by atoms with Crippen LogP contribution in [-0.4, -0.2) is 50.2 Å². The van der Waals surface area contributed by atoms with E-state index in [9.17, 15) is 0 Å². The molecular formula is C17H26ClN3. The lowest BCUT2D eigenvalue weighted by molar-refractivity contribution is 0.198. The van der Waals surface area contributed by atoms with Crippen LogP contribution in [0.3, 0.4) is 0 Å². The van der Waals surface area contributed by atoms with Gasteiger partial charge in [0.05, 0.1) is 0 Å². The van der Waals surface area contributed by atoms with Crippen molar-refractivity contribution in [2.75, 3.05) is 44.2 Å². The van der Waals surface area contributed by atoms with Crippen LogP contribution < -0.4 is 10.2 Å². The molecule has 0 saturated carbocycles. The van der Waals surface area contributed by atoms with Gasteiger partial charge in [0, 0.05) is 49.5 Å². The third-order valence-electron chi connectivity index (χ3n) is 4.78. The lowest BCUT2D eigenvalue weighted by atomic mass is 9.94. The van der Waals surface area contributed by atoms with Crippen LogP contribution in [0.2, 0.25) is 5.02 Å². The molecule has 21 heavy (non-hydrogen) atoms. The maximum Gasteiger partial charge on any atom is 0.0426 e. The molecule has 0 aliphatic carbocycles. The average Bonchev–Trinajstić information content (AvgIpc) is 2.48. The van der Waals surface area contributed by atoms with Gasteiger partial charge < -0.3 is 10.2 Å². The zero-order chi connectivity index (χ0) is 14.7. The van der Waals surface area contributed by atoms with Gasteiger partial charge in [0.15, 0.2) is 0 Å². The third-order valence-corrected chi connectivity index (χ3v) is 5.02. The van der Waals surface area contributed by atoms with Gasteiger partial charge >= 0.3 is 0 Å². The summed E-state index contributed by atoms with van der Waals surface area (Å²) < 4.78 is 0. The molecule has 2 heterocycles. The summed E-state index contributed by atoms with van der Waals surface area (Å²) in [7, 11) is 0. The summed E-state index contributed by atoms with van der Waals surface area (Å²) in [6.07, 6.45) is 2.66. The van der Waals surface area contributed by atoms with Gasteiger partial charge in [-0.3, -0.25) is 4.90 Å². The van der Waals surface area contributed by atoms with Gasteiger partial charge in [0.1, 0.15) is 0 Å². The fraction of sp³-hybridized carbons (Fsp3) is 0.647. The first-order chi connectivity index (χ1) is 10.2. The molecule has 2 fully saturated rings. The summed E-state index contributed by atoms with van der Waals surface area (Å²) in [5.41, 5.74) is 1.26. The van der Waals surface area contributed by atoms with Gasteiger partial charge in [-0.2, -0.15) is 0 Å². The van der Waals surface area contributed by atoms with Gasteiger partial charge in [0.2, 0.25) is 0 Å². The SMILES string of the molecule is CC1CCNC(CN2CCN(c3cccc(Cl)c3)CC2)C1. The van der Waals surface area contributed by atoms with Crippen LogP contribution in [0.15, 0.2) is 24.3 Å². The Hall–Kier alpha value is -0.770. The van der Waals surface area contributed by atoms with Crippen LogP contribution >= 0.6 is 11.6 Å². The van der Waals surface area contributed by atoms with Crippen molar-refractivity contribution in [1.29, 1.82) is 0 Å². The third kappa shape index (κ3) is 4.12. The van der Waals surface area contributed by atoms with Gasteiger partial charge in [-0.15, -0.1) is 0 Å². The first-order valence-electron chi connectivity index (χ1n) is 8.17. The summed E-state index contributed by atoms with van der Waals surface area (Å²) in [6, 6.07) is 8.90. The number of piperidine rings is 1. The second-order valence-corrected chi connectivity index (χ2v) is 6.98. The minimum absolute atomic E-state index is 0.687. The maximum absolute atomic E-state index is 6.09. The Labute approximate surface area is 133 Å². The van der Waals surface area contributed by atoms with E-state index in [1.807, 2.05) is 12.1 Å². The van der Waals surface area contributed by atoms with E-state index in [1.54, 1.807) is 0 Å². The first-order valence-corrected chi connectivity index (χ1v) is 8.55. The molecule has 0 radical (unpaired) electrons. The van der Waals surface area contributed by atoms with E-state index < -0.39 is 0 Å². The number of rotatable bonds is 3. The Morgan fingerprint density at radius 1 is 1.24 bits per heavy atom. The standard InChI is InChI=1S/C17H26ClN3/c1-14-5-6-19-16(11-14)13-20-7-9-21(10-8-20)17-4-2-3-15(18)12-17/h2-4,12,14,16,19H,5-11,13H2,1H3. The van der Waals surface area contributed by atoms with E-state index in [0.29, 0.717) is 6.04 Å². The van der Waals surface area contributed by atoms with Gasteiger partial charge in [-0.1, -0.05) is 24.6 Å². The van der Waals surface area contributed by atoms with E-state index in [-0.39, 0.29) is 0 Å². The lowest BCUT2D eigenvalue weighted by Gasteiger charge is -2.39. The summed E-state index contributed by atoms with van der Waals surface area (Å²) in [5.74, 6) is 0.879. The lowest BCUT2D eigenvalue weighted by Crippen LogP contribution is -2.52. The molecule has 1 aromatic rings. The second-order valence-electron chi connectivity index (χ2n) is 6.55. The number of halogens is 1. The van der Waals surface area contributed by atoms with E-state index in [2.05, 4.69) is 34.2 Å².